The second kappa shape index (κ2) is 8.30. The third-order valence-corrected chi connectivity index (χ3v) is 7.32. The zero-order valence-electron chi connectivity index (χ0n) is 19.9. The quantitative estimate of drug-likeness (QED) is 0.473. The topological polar surface area (TPSA) is 77.0 Å². The lowest BCUT2D eigenvalue weighted by molar-refractivity contribution is -0.150. The molecular formula is C25H23F6N5O. The van der Waals surface area contributed by atoms with E-state index in [0.717, 1.165) is 35.2 Å². The second-order valence-electron chi connectivity index (χ2n) is 9.91. The van der Waals surface area contributed by atoms with Gasteiger partial charge in [0.15, 0.2) is 0 Å². The van der Waals surface area contributed by atoms with Crippen molar-refractivity contribution < 1.29 is 31.1 Å². The molecule has 1 atom stereocenters. The molecule has 12 heteroatoms. The van der Waals surface area contributed by atoms with Gasteiger partial charge in [-0.1, -0.05) is 19.1 Å². The van der Waals surface area contributed by atoms with Crippen LogP contribution in [-0.4, -0.2) is 26.8 Å². The summed E-state index contributed by atoms with van der Waals surface area (Å²) in [5.74, 6) is 0.330. The third kappa shape index (κ3) is 4.07. The van der Waals surface area contributed by atoms with Crippen molar-refractivity contribution in [3.63, 3.8) is 0 Å². The Balaban J connectivity index is 1.57. The summed E-state index contributed by atoms with van der Waals surface area (Å²) in [7, 11) is 1.83. The first kappa shape index (κ1) is 25.2. The zero-order chi connectivity index (χ0) is 26.9. The summed E-state index contributed by atoms with van der Waals surface area (Å²) in [5, 5.41) is 8.27. The van der Waals surface area contributed by atoms with Crippen LogP contribution in [0.25, 0.3) is 0 Å². The number of rotatable bonds is 4. The van der Waals surface area contributed by atoms with Gasteiger partial charge in [0, 0.05) is 18.3 Å². The molecule has 1 fully saturated rings. The molecule has 1 amide bonds. The fraction of sp³-hybridized carbons (Fsp3) is 0.400. The van der Waals surface area contributed by atoms with Gasteiger partial charge in [-0.25, -0.2) is 0 Å². The normalized spacial score (nSPS) is 22.7. The maximum atomic E-state index is 13.9. The second-order valence-corrected chi connectivity index (χ2v) is 9.91. The molecule has 2 N–H and O–H groups in total. The van der Waals surface area contributed by atoms with Crippen LogP contribution in [0.15, 0.2) is 42.7 Å². The van der Waals surface area contributed by atoms with Crippen LogP contribution in [0, 0.1) is 5.92 Å². The number of carbonyl (C=O) groups is 1. The average Bonchev–Trinajstić information content (AvgIpc) is 3.37. The van der Waals surface area contributed by atoms with Gasteiger partial charge in [0.1, 0.15) is 18.2 Å². The minimum absolute atomic E-state index is 0.342. The van der Waals surface area contributed by atoms with Gasteiger partial charge in [-0.2, -0.15) is 26.3 Å². The van der Waals surface area contributed by atoms with E-state index in [0.29, 0.717) is 17.7 Å². The molecule has 1 unspecified atom stereocenters. The molecule has 1 aromatic heterocycles. The molecular weight excluding hydrogens is 500 g/mol. The Hall–Kier alpha value is -3.41. The monoisotopic (exact) mass is 523 g/mol. The Labute approximate surface area is 208 Å². The van der Waals surface area contributed by atoms with Crippen molar-refractivity contribution in [2.75, 3.05) is 4.90 Å². The van der Waals surface area contributed by atoms with Crippen LogP contribution in [-0.2, 0) is 25.2 Å². The van der Waals surface area contributed by atoms with Gasteiger partial charge < -0.3 is 15.2 Å². The van der Waals surface area contributed by atoms with Crippen molar-refractivity contribution >= 4 is 11.6 Å². The number of carbonyl (C=O) groups excluding carboxylic acids is 1. The summed E-state index contributed by atoms with van der Waals surface area (Å²) in [6.07, 6.45) is -6.81. The molecule has 6 nitrogen and oxygen atoms in total. The summed E-state index contributed by atoms with van der Waals surface area (Å²) in [5.41, 5.74) is 2.98. The van der Waals surface area contributed by atoms with E-state index in [2.05, 4.69) is 17.1 Å². The van der Waals surface area contributed by atoms with Gasteiger partial charge in [0.05, 0.1) is 17.5 Å². The van der Waals surface area contributed by atoms with Crippen molar-refractivity contribution in [2.24, 2.45) is 18.7 Å². The average molecular weight is 523 g/mol. The van der Waals surface area contributed by atoms with E-state index < -0.39 is 53.0 Å². The molecule has 0 saturated heterocycles. The van der Waals surface area contributed by atoms with Crippen LogP contribution in [0.3, 0.4) is 0 Å². The number of nitrogens with two attached hydrogens (primary N) is 1. The lowest BCUT2D eigenvalue weighted by Crippen LogP contribution is -2.43. The molecule has 2 aliphatic rings. The molecule has 2 aromatic carbocycles. The van der Waals surface area contributed by atoms with Gasteiger partial charge in [-0.15, -0.1) is 10.2 Å². The highest BCUT2D eigenvalue weighted by Crippen LogP contribution is 2.52. The number of fused-ring (bicyclic) bond motifs is 1. The van der Waals surface area contributed by atoms with Crippen LogP contribution in [0.5, 0.6) is 0 Å². The van der Waals surface area contributed by atoms with E-state index in [9.17, 15) is 31.1 Å². The van der Waals surface area contributed by atoms with E-state index in [4.69, 9.17) is 5.73 Å². The lowest BCUT2D eigenvalue weighted by atomic mass is 9.58. The predicted octanol–water partition coefficient (Wildman–Crippen LogP) is 5.27. The number of hydrogen-bond acceptors (Lipinski definition) is 4. The summed E-state index contributed by atoms with van der Waals surface area (Å²) < 4.78 is 83.1. The molecule has 0 radical (unpaired) electrons. The van der Waals surface area contributed by atoms with Crippen LogP contribution in [0.2, 0.25) is 0 Å². The molecule has 0 spiro atoms. The Morgan fingerprint density at radius 2 is 1.81 bits per heavy atom. The lowest BCUT2D eigenvalue weighted by Gasteiger charge is -2.46. The maximum Gasteiger partial charge on any atom is 0.416 e. The summed E-state index contributed by atoms with van der Waals surface area (Å²) >= 11 is 0. The highest BCUT2D eigenvalue weighted by Gasteiger charge is 2.49. The van der Waals surface area contributed by atoms with Gasteiger partial charge in [0.2, 0.25) is 0 Å². The molecule has 0 bridgehead atoms. The van der Waals surface area contributed by atoms with Crippen molar-refractivity contribution in [2.45, 2.75) is 50.1 Å². The number of nitrogens with zero attached hydrogens (tertiary/aromatic N) is 4. The van der Waals surface area contributed by atoms with Crippen molar-refractivity contribution in [1.82, 2.24) is 14.8 Å². The predicted molar refractivity (Wildman–Crippen MR) is 122 cm³/mol. The van der Waals surface area contributed by atoms with E-state index in [-0.39, 0.29) is 5.56 Å². The largest absolute Gasteiger partial charge is 0.416 e. The molecule has 1 saturated carbocycles. The minimum Gasteiger partial charge on any atom is -0.320 e. The number of anilines is 1. The number of halogens is 6. The third-order valence-electron chi connectivity index (χ3n) is 7.32. The zero-order valence-corrected chi connectivity index (χ0v) is 19.9. The van der Waals surface area contributed by atoms with E-state index >= 15 is 0 Å². The summed E-state index contributed by atoms with van der Waals surface area (Å²) in [6, 6.07) is 5.47. The van der Waals surface area contributed by atoms with Crippen LogP contribution in [0.4, 0.5) is 32.0 Å². The SMILES string of the molecule is CC1CC(c2cccc(N3Cc4c(cc(C(N)C(F)(F)F)cc4C(F)(F)F)C3=O)c2)(c2nncn2C)C1. The molecule has 3 aromatic rings. The fourth-order valence-electron chi connectivity index (χ4n) is 5.63. The maximum absolute atomic E-state index is 13.9. The van der Waals surface area contributed by atoms with Crippen molar-refractivity contribution in [3.05, 3.63) is 76.4 Å². The number of hydrogen-bond donors (Lipinski definition) is 1. The minimum atomic E-state index is -4.97. The highest BCUT2D eigenvalue weighted by atomic mass is 19.4. The van der Waals surface area contributed by atoms with Crippen LogP contribution >= 0.6 is 0 Å². The fourth-order valence-corrected chi connectivity index (χ4v) is 5.63. The molecule has 1 aliphatic heterocycles. The number of benzene rings is 2. The first-order valence-electron chi connectivity index (χ1n) is 11.6. The summed E-state index contributed by atoms with van der Waals surface area (Å²) in [4.78, 5) is 14.4. The molecule has 1 aliphatic carbocycles. The molecule has 196 valence electrons. The number of amides is 1. The standard InChI is InChI=1S/C25H23F6N5O/c1-13-9-23(10-13,22-34-33-12-35(22)2)15-4-3-5-16(8-15)36-11-18-17(21(36)37)6-14(20(32)25(29,30)31)7-19(18)24(26,27)28/h3-8,12-13,20H,9-11,32H2,1-2H3. The number of aryl methyl sites for hydroxylation is 1. The van der Waals surface area contributed by atoms with Gasteiger partial charge in [0.25, 0.3) is 5.91 Å². The molecule has 2 heterocycles. The van der Waals surface area contributed by atoms with E-state index in [1.165, 1.54) is 0 Å². The van der Waals surface area contributed by atoms with Gasteiger partial charge in [-0.3, -0.25) is 4.79 Å². The van der Waals surface area contributed by atoms with Crippen LogP contribution in [0.1, 0.15) is 64.2 Å². The van der Waals surface area contributed by atoms with E-state index in [1.807, 2.05) is 17.7 Å². The first-order chi connectivity index (χ1) is 17.2. The van der Waals surface area contributed by atoms with Gasteiger partial charge in [-0.05, 0) is 59.7 Å². The van der Waals surface area contributed by atoms with Gasteiger partial charge >= 0.3 is 12.4 Å². The Bertz CT molecular complexity index is 1370. The number of alkyl halides is 6. The smallest absolute Gasteiger partial charge is 0.320 e. The van der Waals surface area contributed by atoms with Crippen LogP contribution < -0.4 is 10.6 Å². The summed E-state index contributed by atoms with van der Waals surface area (Å²) in [6.45, 7) is 1.67. The Kier molecular flexibility index (Phi) is 5.67. The molecule has 5 rings (SSSR count). The Morgan fingerprint density at radius 1 is 1.11 bits per heavy atom. The van der Waals surface area contributed by atoms with E-state index in [1.54, 1.807) is 24.5 Å². The van der Waals surface area contributed by atoms with Crippen molar-refractivity contribution in [1.29, 1.82) is 0 Å². The first-order valence-corrected chi connectivity index (χ1v) is 11.6. The number of aromatic nitrogens is 3. The highest BCUT2D eigenvalue weighted by molar-refractivity contribution is 6.10. The Morgan fingerprint density at radius 3 is 2.38 bits per heavy atom. The molecule has 37 heavy (non-hydrogen) atoms. The van der Waals surface area contributed by atoms with Crippen molar-refractivity contribution in [3.8, 4) is 0 Å².